The van der Waals surface area contributed by atoms with E-state index < -0.39 is 0 Å². The number of hydrogen-bond acceptors (Lipinski definition) is 3. The maximum atomic E-state index is 5.14. The van der Waals surface area contributed by atoms with Crippen molar-refractivity contribution >= 4 is 12.6 Å². The zero-order valence-electron chi connectivity index (χ0n) is 6.67. The summed E-state index contributed by atoms with van der Waals surface area (Å²) >= 11 is 4.13. The Hall–Kier alpha value is 0.270. The molecule has 0 aromatic rings. The predicted molar refractivity (Wildman–Crippen MR) is 45.3 cm³/mol. The summed E-state index contributed by atoms with van der Waals surface area (Å²) < 4.78 is 10.2. The molecule has 0 aliphatic heterocycles. The van der Waals surface area contributed by atoms with Gasteiger partial charge in [0.05, 0.1) is 0 Å². The van der Waals surface area contributed by atoms with Gasteiger partial charge in [-0.15, -0.1) is 12.6 Å². The van der Waals surface area contributed by atoms with Gasteiger partial charge in [-0.25, -0.2) is 0 Å². The molecule has 0 saturated heterocycles. The Labute approximate surface area is 68.3 Å². The minimum atomic E-state index is 0.0249. The molecule has 0 fully saturated rings. The molecule has 1 unspecified atom stereocenters. The van der Waals surface area contributed by atoms with E-state index in [1.807, 2.05) is 6.92 Å². The lowest BCUT2D eigenvalue weighted by Gasteiger charge is -2.08. The molecule has 0 N–H and O–H groups in total. The van der Waals surface area contributed by atoms with Gasteiger partial charge in [-0.05, 0) is 12.8 Å². The second-order valence-corrected chi connectivity index (χ2v) is 2.63. The van der Waals surface area contributed by atoms with E-state index in [1.54, 1.807) is 0 Å². The highest BCUT2D eigenvalue weighted by atomic mass is 32.1. The minimum absolute atomic E-state index is 0.0249. The van der Waals surface area contributed by atoms with Crippen molar-refractivity contribution in [3.8, 4) is 0 Å². The minimum Gasteiger partial charge on any atom is -0.355 e. The van der Waals surface area contributed by atoms with Gasteiger partial charge in [0.25, 0.3) is 0 Å². The molecule has 0 amide bonds. The largest absolute Gasteiger partial charge is 0.355 e. The van der Waals surface area contributed by atoms with Crippen molar-refractivity contribution in [1.82, 2.24) is 0 Å². The molecule has 0 saturated carbocycles. The molecule has 10 heavy (non-hydrogen) atoms. The van der Waals surface area contributed by atoms with Gasteiger partial charge in [-0.2, -0.15) is 0 Å². The summed E-state index contributed by atoms with van der Waals surface area (Å²) in [6, 6.07) is 0. The van der Waals surface area contributed by atoms with Crippen molar-refractivity contribution < 1.29 is 9.47 Å². The fraction of sp³-hybridized carbons (Fsp3) is 1.00. The van der Waals surface area contributed by atoms with Crippen LogP contribution in [0.3, 0.4) is 0 Å². The van der Waals surface area contributed by atoms with Crippen LogP contribution in [0, 0.1) is 0 Å². The van der Waals surface area contributed by atoms with E-state index in [0.717, 1.165) is 19.4 Å². The standard InChI is InChI=1S/C7H16O2S/c1-3-5-8-6-9-7(10)4-2/h7,10H,3-6H2,1-2H3. The van der Waals surface area contributed by atoms with Gasteiger partial charge in [0.2, 0.25) is 0 Å². The molecule has 0 aromatic carbocycles. The van der Waals surface area contributed by atoms with E-state index in [-0.39, 0.29) is 5.44 Å². The van der Waals surface area contributed by atoms with Crippen LogP contribution in [0.25, 0.3) is 0 Å². The van der Waals surface area contributed by atoms with Crippen LogP contribution in [0.2, 0.25) is 0 Å². The molecule has 1 atom stereocenters. The molecule has 0 rings (SSSR count). The molecular weight excluding hydrogens is 148 g/mol. The quantitative estimate of drug-likeness (QED) is 0.368. The van der Waals surface area contributed by atoms with Crippen molar-refractivity contribution in [2.45, 2.75) is 32.1 Å². The van der Waals surface area contributed by atoms with Crippen molar-refractivity contribution in [2.75, 3.05) is 13.4 Å². The smallest absolute Gasteiger partial charge is 0.148 e. The Morgan fingerprint density at radius 2 is 2.10 bits per heavy atom. The first-order valence-corrected chi connectivity index (χ1v) is 4.20. The average molecular weight is 164 g/mol. The van der Waals surface area contributed by atoms with E-state index in [2.05, 4.69) is 19.6 Å². The van der Waals surface area contributed by atoms with Crippen molar-refractivity contribution in [2.24, 2.45) is 0 Å². The molecule has 0 bridgehead atoms. The van der Waals surface area contributed by atoms with Crippen LogP contribution in [-0.2, 0) is 9.47 Å². The maximum Gasteiger partial charge on any atom is 0.148 e. The predicted octanol–water partition coefficient (Wildman–Crippen LogP) is 2.05. The monoisotopic (exact) mass is 164 g/mol. The highest BCUT2D eigenvalue weighted by Gasteiger charge is 1.96. The Bertz CT molecular complexity index is 68.6. The lowest BCUT2D eigenvalue weighted by atomic mass is 10.5. The molecule has 3 heteroatoms. The summed E-state index contributed by atoms with van der Waals surface area (Å²) in [5.41, 5.74) is 0.0249. The molecular formula is C7H16O2S. The van der Waals surface area contributed by atoms with Crippen LogP contribution in [0.5, 0.6) is 0 Å². The number of thiol groups is 1. The highest BCUT2D eigenvalue weighted by molar-refractivity contribution is 7.80. The van der Waals surface area contributed by atoms with Crippen LogP contribution < -0.4 is 0 Å². The van der Waals surface area contributed by atoms with Gasteiger partial charge in [-0.3, -0.25) is 0 Å². The Kier molecular flexibility index (Phi) is 7.58. The van der Waals surface area contributed by atoms with Crippen LogP contribution >= 0.6 is 12.6 Å². The average Bonchev–Trinajstić information content (AvgIpc) is 1.98. The third-order valence-corrected chi connectivity index (χ3v) is 1.56. The summed E-state index contributed by atoms with van der Waals surface area (Å²) in [5.74, 6) is 0. The van der Waals surface area contributed by atoms with E-state index in [1.165, 1.54) is 0 Å². The molecule has 0 aliphatic carbocycles. The fourth-order valence-electron chi connectivity index (χ4n) is 0.448. The molecule has 0 aromatic heterocycles. The number of rotatable bonds is 6. The van der Waals surface area contributed by atoms with Crippen LogP contribution in [0.1, 0.15) is 26.7 Å². The first kappa shape index (κ1) is 10.3. The Balaban J connectivity index is 2.89. The second-order valence-electron chi connectivity index (χ2n) is 2.06. The zero-order valence-corrected chi connectivity index (χ0v) is 7.56. The molecule has 0 aliphatic rings. The summed E-state index contributed by atoms with van der Waals surface area (Å²) in [7, 11) is 0. The summed E-state index contributed by atoms with van der Waals surface area (Å²) in [6.45, 7) is 5.23. The lowest BCUT2D eigenvalue weighted by molar-refractivity contribution is -0.0632. The molecule has 62 valence electrons. The SMILES string of the molecule is CCCOCOC(S)CC. The van der Waals surface area contributed by atoms with Crippen molar-refractivity contribution in [1.29, 1.82) is 0 Å². The van der Waals surface area contributed by atoms with Crippen LogP contribution in [0.4, 0.5) is 0 Å². The van der Waals surface area contributed by atoms with Crippen molar-refractivity contribution in [3.63, 3.8) is 0 Å². The third-order valence-electron chi connectivity index (χ3n) is 1.04. The first-order chi connectivity index (χ1) is 4.81. The molecule has 0 spiro atoms. The lowest BCUT2D eigenvalue weighted by Crippen LogP contribution is -2.07. The first-order valence-electron chi connectivity index (χ1n) is 3.68. The summed E-state index contributed by atoms with van der Waals surface area (Å²) in [5, 5.41) is 0. The van der Waals surface area contributed by atoms with Crippen LogP contribution in [0.15, 0.2) is 0 Å². The third kappa shape index (κ3) is 6.39. The van der Waals surface area contributed by atoms with Gasteiger partial charge in [0.15, 0.2) is 0 Å². The summed E-state index contributed by atoms with van der Waals surface area (Å²) in [4.78, 5) is 0. The van der Waals surface area contributed by atoms with E-state index >= 15 is 0 Å². The highest BCUT2D eigenvalue weighted by Crippen LogP contribution is 2.01. The second kappa shape index (κ2) is 7.38. The van der Waals surface area contributed by atoms with E-state index in [0.29, 0.717) is 6.79 Å². The normalized spacial score (nSPS) is 13.5. The van der Waals surface area contributed by atoms with E-state index in [4.69, 9.17) is 9.47 Å². The van der Waals surface area contributed by atoms with Gasteiger partial charge < -0.3 is 9.47 Å². The Morgan fingerprint density at radius 3 is 2.60 bits per heavy atom. The Morgan fingerprint density at radius 1 is 1.40 bits per heavy atom. The van der Waals surface area contributed by atoms with Gasteiger partial charge >= 0.3 is 0 Å². The van der Waals surface area contributed by atoms with Gasteiger partial charge in [-0.1, -0.05) is 13.8 Å². The van der Waals surface area contributed by atoms with Crippen molar-refractivity contribution in [3.05, 3.63) is 0 Å². The zero-order chi connectivity index (χ0) is 7.82. The maximum absolute atomic E-state index is 5.14. The fourth-order valence-corrected chi connectivity index (χ4v) is 0.509. The number of hydrogen-bond donors (Lipinski definition) is 1. The van der Waals surface area contributed by atoms with Gasteiger partial charge in [0.1, 0.15) is 12.2 Å². The van der Waals surface area contributed by atoms with E-state index in [9.17, 15) is 0 Å². The molecule has 2 nitrogen and oxygen atoms in total. The van der Waals surface area contributed by atoms with Gasteiger partial charge in [0, 0.05) is 6.61 Å². The molecule has 0 heterocycles. The van der Waals surface area contributed by atoms with Crippen LogP contribution in [-0.4, -0.2) is 18.8 Å². The number of ether oxygens (including phenoxy) is 2. The molecule has 0 radical (unpaired) electrons. The topological polar surface area (TPSA) is 18.5 Å². The summed E-state index contributed by atoms with van der Waals surface area (Å²) in [6.07, 6.45) is 1.95.